The summed E-state index contributed by atoms with van der Waals surface area (Å²) in [6.07, 6.45) is 4.64. The van der Waals surface area contributed by atoms with Crippen molar-refractivity contribution in [1.29, 1.82) is 0 Å². The van der Waals surface area contributed by atoms with E-state index in [4.69, 9.17) is 4.74 Å². The minimum atomic E-state index is -0.436. The number of hydrogen-bond donors (Lipinski definition) is 0. The van der Waals surface area contributed by atoms with Crippen molar-refractivity contribution >= 4 is 16.9 Å². The molecule has 0 saturated heterocycles. The average molecular weight is 345 g/mol. The summed E-state index contributed by atoms with van der Waals surface area (Å²) in [7, 11) is 0. The van der Waals surface area contributed by atoms with Crippen LogP contribution in [0.1, 0.15) is 45.0 Å². The highest BCUT2D eigenvalue weighted by atomic mass is 19.1. The summed E-state index contributed by atoms with van der Waals surface area (Å²) in [6, 6.07) is 5.93. The molecule has 3 rings (SSSR count). The fourth-order valence-corrected chi connectivity index (χ4v) is 2.10. The number of pyridine rings is 1. The highest BCUT2D eigenvalue weighted by Gasteiger charge is 2.15. The van der Waals surface area contributed by atoms with Crippen LogP contribution in [-0.4, -0.2) is 27.3 Å². The molecule has 0 amide bonds. The lowest BCUT2D eigenvalue weighted by Crippen LogP contribution is -2.05. The maximum Gasteiger partial charge on any atom is 0.340 e. The van der Waals surface area contributed by atoms with Crippen LogP contribution in [0.15, 0.2) is 42.9 Å². The molecular formula is C19H24FN3O2. The molecular weight excluding hydrogens is 321 g/mol. The fourth-order valence-electron chi connectivity index (χ4n) is 2.10. The highest BCUT2D eigenvalue weighted by molar-refractivity contribution is 6.03. The number of benzene rings is 1. The van der Waals surface area contributed by atoms with E-state index in [1.54, 1.807) is 36.1 Å². The molecule has 0 aliphatic rings. The number of aromatic nitrogens is 3. The van der Waals surface area contributed by atoms with Gasteiger partial charge in [0.05, 0.1) is 35.8 Å². The molecule has 0 aliphatic heterocycles. The number of nitrogens with zero attached hydrogens (tertiary/aromatic N) is 3. The topological polar surface area (TPSA) is 57.0 Å². The lowest BCUT2D eigenvalue weighted by Gasteiger charge is -2.05. The van der Waals surface area contributed by atoms with Crippen LogP contribution in [0.4, 0.5) is 4.39 Å². The van der Waals surface area contributed by atoms with E-state index < -0.39 is 5.97 Å². The van der Waals surface area contributed by atoms with E-state index in [1.807, 2.05) is 27.7 Å². The normalized spacial score (nSPS) is 9.52. The van der Waals surface area contributed by atoms with Crippen molar-refractivity contribution in [2.45, 2.75) is 34.6 Å². The van der Waals surface area contributed by atoms with Gasteiger partial charge in [-0.2, -0.15) is 5.10 Å². The zero-order valence-corrected chi connectivity index (χ0v) is 15.3. The van der Waals surface area contributed by atoms with Gasteiger partial charge in [0, 0.05) is 11.6 Å². The number of carbonyl (C=O) groups is 1. The molecule has 1 aromatic carbocycles. The van der Waals surface area contributed by atoms with Crippen molar-refractivity contribution in [3.63, 3.8) is 0 Å². The van der Waals surface area contributed by atoms with Gasteiger partial charge in [-0.1, -0.05) is 27.7 Å². The molecule has 3 aromatic rings. The number of carbonyl (C=O) groups excluding carboxylic acids is 1. The van der Waals surface area contributed by atoms with E-state index in [1.165, 1.54) is 18.3 Å². The third-order valence-electron chi connectivity index (χ3n) is 3.06. The average Bonchev–Trinajstić information content (AvgIpc) is 3.10. The number of rotatable bonds is 3. The molecule has 0 radical (unpaired) electrons. The molecule has 0 atom stereocenters. The number of fused-ring (bicyclic) bond motifs is 1. The first-order valence-corrected chi connectivity index (χ1v) is 8.45. The van der Waals surface area contributed by atoms with Gasteiger partial charge in [0.25, 0.3) is 0 Å². The van der Waals surface area contributed by atoms with Crippen LogP contribution in [0.2, 0.25) is 0 Å². The van der Waals surface area contributed by atoms with Gasteiger partial charge in [-0.3, -0.25) is 4.98 Å². The molecule has 2 aromatic heterocycles. The first-order chi connectivity index (χ1) is 12.2. The van der Waals surface area contributed by atoms with Crippen molar-refractivity contribution in [3.8, 4) is 5.69 Å². The van der Waals surface area contributed by atoms with Gasteiger partial charge in [0.2, 0.25) is 0 Å². The van der Waals surface area contributed by atoms with Crippen LogP contribution < -0.4 is 0 Å². The molecule has 0 spiro atoms. The molecule has 2 heterocycles. The van der Waals surface area contributed by atoms with Crippen LogP contribution in [-0.2, 0) is 4.74 Å². The Bertz CT molecular complexity index is 798. The summed E-state index contributed by atoms with van der Waals surface area (Å²) in [4.78, 5) is 16.0. The first kappa shape index (κ1) is 20.3. The third-order valence-corrected chi connectivity index (χ3v) is 3.06. The molecule has 6 heteroatoms. The number of hydrogen-bond acceptors (Lipinski definition) is 4. The molecule has 0 bridgehead atoms. The SMILES string of the molecule is CC.CC.CCOC(=O)c1cncc2c1cnn2-c1ccc(F)cc1. The quantitative estimate of drug-likeness (QED) is 0.641. The van der Waals surface area contributed by atoms with Crippen molar-refractivity contribution in [2.24, 2.45) is 0 Å². The summed E-state index contributed by atoms with van der Waals surface area (Å²) in [5, 5.41) is 4.89. The maximum absolute atomic E-state index is 13.0. The van der Waals surface area contributed by atoms with Gasteiger partial charge in [-0.15, -0.1) is 0 Å². The van der Waals surface area contributed by atoms with E-state index >= 15 is 0 Å². The number of halogens is 1. The van der Waals surface area contributed by atoms with E-state index in [9.17, 15) is 9.18 Å². The Balaban J connectivity index is 0.000000730. The second-order valence-electron chi connectivity index (χ2n) is 4.37. The molecule has 0 saturated carbocycles. The Kier molecular flexibility index (Phi) is 8.26. The predicted molar refractivity (Wildman–Crippen MR) is 97.5 cm³/mol. The largest absolute Gasteiger partial charge is 0.462 e. The van der Waals surface area contributed by atoms with E-state index in [0.29, 0.717) is 28.8 Å². The molecule has 5 nitrogen and oxygen atoms in total. The number of ether oxygens (including phenoxy) is 1. The third kappa shape index (κ3) is 4.62. The standard InChI is InChI=1S/C15H12FN3O2.2C2H6/c1-2-21-15(20)13-7-17-9-14-12(13)8-18-19(14)11-5-3-10(16)4-6-11;2*1-2/h3-9H,2H2,1H3;2*1-2H3. The summed E-state index contributed by atoms with van der Waals surface area (Å²) < 4.78 is 19.6. The number of esters is 1. The predicted octanol–water partition coefficient (Wildman–Crippen LogP) is 4.79. The first-order valence-electron chi connectivity index (χ1n) is 8.45. The fraction of sp³-hybridized carbons (Fsp3) is 0.316. The molecule has 0 fully saturated rings. The molecule has 134 valence electrons. The maximum atomic E-state index is 13.0. The Morgan fingerprint density at radius 3 is 2.32 bits per heavy atom. The van der Waals surface area contributed by atoms with E-state index in [2.05, 4.69) is 10.1 Å². The minimum Gasteiger partial charge on any atom is -0.462 e. The van der Waals surface area contributed by atoms with Crippen molar-refractivity contribution in [1.82, 2.24) is 14.8 Å². The summed E-state index contributed by atoms with van der Waals surface area (Å²) >= 11 is 0. The van der Waals surface area contributed by atoms with Gasteiger partial charge in [-0.25, -0.2) is 13.9 Å². The van der Waals surface area contributed by atoms with Gasteiger partial charge in [0.15, 0.2) is 0 Å². The second-order valence-corrected chi connectivity index (χ2v) is 4.37. The highest BCUT2D eigenvalue weighted by Crippen LogP contribution is 2.21. The summed E-state index contributed by atoms with van der Waals surface area (Å²) in [6.45, 7) is 10.0. The van der Waals surface area contributed by atoms with Crippen LogP contribution in [0.5, 0.6) is 0 Å². The van der Waals surface area contributed by atoms with Crippen molar-refractivity contribution in [2.75, 3.05) is 6.61 Å². The van der Waals surface area contributed by atoms with Crippen LogP contribution >= 0.6 is 0 Å². The Morgan fingerprint density at radius 1 is 1.08 bits per heavy atom. The summed E-state index contributed by atoms with van der Waals surface area (Å²) in [5.41, 5.74) is 1.71. The lowest BCUT2D eigenvalue weighted by atomic mass is 10.2. The zero-order chi connectivity index (χ0) is 18.8. The Labute approximate surface area is 147 Å². The molecule has 25 heavy (non-hydrogen) atoms. The van der Waals surface area contributed by atoms with Crippen LogP contribution in [0.25, 0.3) is 16.6 Å². The van der Waals surface area contributed by atoms with Crippen molar-refractivity contribution in [3.05, 3.63) is 54.2 Å². The molecule has 0 N–H and O–H groups in total. The zero-order valence-electron chi connectivity index (χ0n) is 15.3. The lowest BCUT2D eigenvalue weighted by molar-refractivity contribution is 0.0528. The Morgan fingerprint density at radius 2 is 1.72 bits per heavy atom. The van der Waals surface area contributed by atoms with Gasteiger partial charge < -0.3 is 4.74 Å². The van der Waals surface area contributed by atoms with Gasteiger partial charge >= 0.3 is 5.97 Å². The summed E-state index contributed by atoms with van der Waals surface area (Å²) in [5.74, 6) is -0.755. The smallest absolute Gasteiger partial charge is 0.340 e. The van der Waals surface area contributed by atoms with Gasteiger partial charge in [-0.05, 0) is 31.2 Å². The Hall–Kier alpha value is -2.76. The molecule has 0 unspecified atom stereocenters. The van der Waals surface area contributed by atoms with E-state index in [0.717, 1.165) is 0 Å². The minimum absolute atomic E-state index is 0.293. The molecule has 0 aliphatic carbocycles. The van der Waals surface area contributed by atoms with Crippen molar-refractivity contribution < 1.29 is 13.9 Å². The van der Waals surface area contributed by atoms with Gasteiger partial charge in [0.1, 0.15) is 5.82 Å². The second kappa shape index (κ2) is 10.2. The monoisotopic (exact) mass is 345 g/mol. The van der Waals surface area contributed by atoms with Crippen LogP contribution in [0, 0.1) is 5.82 Å². The van der Waals surface area contributed by atoms with E-state index in [-0.39, 0.29) is 5.82 Å². The van der Waals surface area contributed by atoms with Crippen LogP contribution in [0.3, 0.4) is 0 Å².